The van der Waals surface area contributed by atoms with Gasteiger partial charge in [-0.25, -0.2) is 8.42 Å². The monoisotopic (exact) mass is 501 g/mol. The second-order valence-electron chi connectivity index (χ2n) is 8.88. The number of hydrogen-bond acceptors (Lipinski definition) is 6. The number of carbonyl (C=O) groups excluding carboxylic acids is 2. The molecular weight excluding hydrogens is 470 g/mol. The fraction of sp³-hybridized carbons (Fsp3) is 0.440. The molecule has 10 heteroatoms. The van der Waals surface area contributed by atoms with Gasteiger partial charge in [0.2, 0.25) is 22.7 Å². The van der Waals surface area contributed by atoms with E-state index in [4.69, 9.17) is 9.47 Å². The Balaban J connectivity index is 1.35. The molecule has 0 spiro atoms. The fourth-order valence-corrected chi connectivity index (χ4v) is 5.38. The molecule has 0 aromatic heterocycles. The summed E-state index contributed by atoms with van der Waals surface area (Å²) in [5, 5.41) is 5.89. The van der Waals surface area contributed by atoms with Crippen molar-refractivity contribution in [1.82, 2.24) is 5.32 Å². The lowest BCUT2D eigenvalue weighted by molar-refractivity contribution is -0.116. The minimum Gasteiger partial charge on any atom is -0.454 e. The van der Waals surface area contributed by atoms with Crippen LogP contribution in [0.3, 0.4) is 0 Å². The van der Waals surface area contributed by atoms with Crippen molar-refractivity contribution in [2.75, 3.05) is 29.2 Å². The fourth-order valence-electron chi connectivity index (χ4n) is 4.42. The van der Waals surface area contributed by atoms with Gasteiger partial charge in [0, 0.05) is 25.1 Å². The zero-order chi connectivity index (χ0) is 24.8. The first-order valence-corrected chi connectivity index (χ1v) is 13.7. The first-order chi connectivity index (χ1) is 16.8. The molecule has 0 radical (unpaired) electrons. The molecule has 188 valence electrons. The Morgan fingerprint density at radius 2 is 1.77 bits per heavy atom. The van der Waals surface area contributed by atoms with Crippen molar-refractivity contribution in [3.63, 3.8) is 0 Å². The summed E-state index contributed by atoms with van der Waals surface area (Å²) in [5.41, 5.74) is 1.31. The molecule has 2 aliphatic rings. The maximum absolute atomic E-state index is 12.8. The summed E-state index contributed by atoms with van der Waals surface area (Å²) in [6.07, 6.45) is 6.88. The van der Waals surface area contributed by atoms with Gasteiger partial charge in [0.05, 0.1) is 23.2 Å². The first kappa shape index (κ1) is 24.8. The molecule has 35 heavy (non-hydrogen) atoms. The van der Waals surface area contributed by atoms with Gasteiger partial charge < -0.3 is 20.1 Å². The van der Waals surface area contributed by atoms with E-state index in [1.54, 1.807) is 42.5 Å². The average molecular weight is 502 g/mol. The van der Waals surface area contributed by atoms with E-state index < -0.39 is 10.0 Å². The minimum absolute atomic E-state index is 0.0924. The van der Waals surface area contributed by atoms with Crippen molar-refractivity contribution in [2.24, 2.45) is 0 Å². The van der Waals surface area contributed by atoms with Crippen LogP contribution in [0.25, 0.3) is 0 Å². The number of rotatable bonds is 9. The smallest absolute Gasteiger partial charge is 0.253 e. The van der Waals surface area contributed by atoms with Gasteiger partial charge in [-0.05, 0) is 43.5 Å². The third-order valence-corrected chi connectivity index (χ3v) is 7.39. The van der Waals surface area contributed by atoms with Crippen LogP contribution in [0.5, 0.6) is 11.5 Å². The van der Waals surface area contributed by atoms with Gasteiger partial charge in [0.15, 0.2) is 11.5 Å². The highest BCUT2D eigenvalue weighted by Crippen LogP contribution is 2.36. The summed E-state index contributed by atoms with van der Waals surface area (Å²) in [6, 6.07) is 12.0. The van der Waals surface area contributed by atoms with Crippen LogP contribution >= 0.6 is 0 Å². The van der Waals surface area contributed by atoms with E-state index in [-0.39, 0.29) is 37.6 Å². The standard InChI is InChI=1S/C25H31N3O6S/c1-35(31,32)28(19-13-14-22-23(16-19)34-17-33-22)15-7-12-24(29)27-21-11-6-5-10-20(21)25(30)26-18-8-3-2-4-9-18/h5-6,10-11,13-14,16,18H,2-4,7-9,12,15,17H2,1H3,(H,26,30)(H,27,29). The van der Waals surface area contributed by atoms with E-state index in [1.165, 1.54) is 10.7 Å². The van der Waals surface area contributed by atoms with Crippen molar-refractivity contribution in [3.05, 3.63) is 48.0 Å². The van der Waals surface area contributed by atoms with E-state index >= 15 is 0 Å². The van der Waals surface area contributed by atoms with E-state index in [1.807, 2.05) is 0 Å². The summed E-state index contributed by atoms with van der Waals surface area (Å²) >= 11 is 0. The van der Waals surface area contributed by atoms with Crippen molar-refractivity contribution < 1.29 is 27.5 Å². The lowest BCUT2D eigenvalue weighted by atomic mass is 9.95. The number of para-hydroxylation sites is 1. The zero-order valence-electron chi connectivity index (χ0n) is 19.8. The third kappa shape index (κ3) is 6.45. The maximum Gasteiger partial charge on any atom is 0.253 e. The topological polar surface area (TPSA) is 114 Å². The second-order valence-corrected chi connectivity index (χ2v) is 10.8. The van der Waals surface area contributed by atoms with E-state index in [9.17, 15) is 18.0 Å². The maximum atomic E-state index is 12.8. The number of hydrogen-bond donors (Lipinski definition) is 2. The molecule has 4 rings (SSSR count). The molecule has 9 nitrogen and oxygen atoms in total. The molecule has 1 fully saturated rings. The summed E-state index contributed by atoms with van der Waals surface area (Å²) in [7, 11) is -3.57. The second kappa shape index (κ2) is 11.0. The zero-order valence-corrected chi connectivity index (χ0v) is 20.6. The largest absolute Gasteiger partial charge is 0.454 e. The molecule has 2 amide bonds. The highest BCUT2D eigenvalue weighted by molar-refractivity contribution is 7.92. The number of amides is 2. The van der Waals surface area contributed by atoms with Crippen molar-refractivity contribution in [2.45, 2.75) is 51.0 Å². The van der Waals surface area contributed by atoms with Gasteiger partial charge in [0.1, 0.15) is 0 Å². The molecule has 1 aliphatic heterocycles. The molecule has 0 bridgehead atoms. The molecule has 0 saturated heterocycles. The molecule has 1 aliphatic carbocycles. The van der Waals surface area contributed by atoms with Gasteiger partial charge in [-0.15, -0.1) is 0 Å². The van der Waals surface area contributed by atoms with Crippen LogP contribution in [0, 0.1) is 0 Å². The third-order valence-electron chi connectivity index (χ3n) is 6.20. The predicted molar refractivity (Wildman–Crippen MR) is 133 cm³/mol. The highest BCUT2D eigenvalue weighted by atomic mass is 32.2. The van der Waals surface area contributed by atoms with Gasteiger partial charge in [0.25, 0.3) is 5.91 Å². The molecular formula is C25H31N3O6S. The average Bonchev–Trinajstić information content (AvgIpc) is 3.30. The van der Waals surface area contributed by atoms with Crippen LogP contribution in [-0.2, 0) is 14.8 Å². The van der Waals surface area contributed by atoms with E-state index in [0.29, 0.717) is 34.9 Å². The first-order valence-electron chi connectivity index (χ1n) is 11.9. The molecule has 0 unspecified atom stereocenters. The number of nitrogens with one attached hydrogen (secondary N) is 2. The summed E-state index contributed by atoms with van der Waals surface area (Å²) < 4.78 is 36.7. The van der Waals surface area contributed by atoms with Gasteiger partial charge in [-0.1, -0.05) is 31.4 Å². The Labute approximate surface area is 205 Å². The molecule has 0 atom stereocenters. The van der Waals surface area contributed by atoms with Gasteiger partial charge in [-0.2, -0.15) is 0 Å². The Hall–Kier alpha value is -3.27. The van der Waals surface area contributed by atoms with Crippen molar-refractivity contribution >= 4 is 33.2 Å². The van der Waals surface area contributed by atoms with Gasteiger partial charge >= 0.3 is 0 Å². The Kier molecular flexibility index (Phi) is 7.80. The summed E-state index contributed by atoms with van der Waals surface area (Å²) in [4.78, 5) is 25.5. The van der Waals surface area contributed by atoms with Crippen LogP contribution in [0.15, 0.2) is 42.5 Å². The van der Waals surface area contributed by atoms with Crippen molar-refractivity contribution in [1.29, 1.82) is 0 Å². The van der Waals surface area contributed by atoms with Crippen molar-refractivity contribution in [3.8, 4) is 11.5 Å². The molecule has 2 N–H and O–H groups in total. The number of anilines is 2. The van der Waals surface area contributed by atoms with Crippen LogP contribution in [-0.4, -0.2) is 45.9 Å². The normalized spacial score (nSPS) is 15.5. The number of ether oxygens (including phenoxy) is 2. The van der Waals surface area contributed by atoms with E-state index in [0.717, 1.165) is 31.9 Å². The molecule has 1 saturated carbocycles. The quantitative estimate of drug-likeness (QED) is 0.542. The minimum atomic E-state index is -3.57. The predicted octanol–water partition coefficient (Wildman–Crippen LogP) is 3.66. The Morgan fingerprint density at radius 1 is 1.03 bits per heavy atom. The van der Waals surface area contributed by atoms with Crippen LogP contribution < -0.4 is 24.4 Å². The summed E-state index contributed by atoms with van der Waals surface area (Å²) in [5.74, 6) is 0.561. The number of carbonyl (C=O) groups is 2. The van der Waals surface area contributed by atoms with Crippen LogP contribution in [0.1, 0.15) is 55.3 Å². The number of nitrogens with zero attached hydrogens (tertiary/aromatic N) is 1. The molecule has 2 aromatic carbocycles. The van der Waals surface area contributed by atoms with Gasteiger partial charge in [-0.3, -0.25) is 13.9 Å². The number of fused-ring (bicyclic) bond motifs is 1. The van der Waals surface area contributed by atoms with E-state index in [2.05, 4.69) is 10.6 Å². The lowest BCUT2D eigenvalue weighted by Crippen LogP contribution is -2.36. The molecule has 1 heterocycles. The lowest BCUT2D eigenvalue weighted by Gasteiger charge is -2.23. The number of benzene rings is 2. The Morgan fingerprint density at radius 3 is 2.54 bits per heavy atom. The SMILES string of the molecule is CS(=O)(=O)N(CCCC(=O)Nc1ccccc1C(=O)NC1CCCCC1)c1ccc2c(c1)OCO2. The Bertz CT molecular complexity index is 1180. The summed E-state index contributed by atoms with van der Waals surface area (Å²) in [6.45, 7) is 0.216. The van der Waals surface area contributed by atoms with Crippen LogP contribution in [0.2, 0.25) is 0 Å². The molecule has 2 aromatic rings. The highest BCUT2D eigenvalue weighted by Gasteiger charge is 2.22. The van der Waals surface area contributed by atoms with Crippen LogP contribution in [0.4, 0.5) is 11.4 Å². The number of sulfonamides is 1.